The van der Waals surface area contributed by atoms with Crippen LogP contribution in [0.15, 0.2) is 36.4 Å². The van der Waals surface area contributed by atoms with Crippen LogP contribution in [0.5, 0.6) is 11.5 Å². The minimum Gasteiger partial charge on any atom is -0.455 e. The third-order valence-corrected chi connectivity index (χ3v) is 2.90. The van der Waals surface area contributed by atoms with Crippen LogP contribution >= 0.6 is 11.6 Å². The second-order valence-electron chi connectivity index (χ2n) is 3.96. The minimum absolute atomic E-state index is 0.0748. The molecule has 2 N–H and O–H groups in total. The summed E-state index contributed by atoms with van der Waals surface area (Å²) in [6, 6.07) is 10.0. The van der Waals surface area contributed by atoms with Crippen LogP contribution in [0.1, 0.15) is 11.1 Å². The molecule has 0 heterocycles. The van der Waals surface area contributed by atoms with Crippen molar-refractivity contribution < 1.29 is 9.13 Å². The fourth-order valence-corrected chi connectivity index (χ4v) is 1.80. The van der Waals surface area contributed by atoms with E-state index < -0.39 is 0 Å². The van der Waals surface area contributed by atoms with E-state index in [1.54, 1.807) is 24.3 Å². The highest BCUT2D eigenvalue weighted by atomic mass is 35.5. The van der Waals surface area contributed by atoms with Crippen molar-refractivity contribution in [1.82, 2.24) is 0 Å². The molecule has 0 unspecified atom stereocenters. The molecule has 2 rings (SSSR count). The van der Waals surface area contributed by atoms with E-state index in [-0.39, 0.29) is 12.4 Å². The van der Waals surface area contributed by atoms with Crippen LogP contribution in [0.3, 0.4) is 0 Å². The molecular formula is C14H13ClFNO. The number of benzene rings is 2. The van der Waals surface area contributed by atoms with Gasteiger partial charge in [-0.15, -0.1) is 0 Å². The van der Waals surface area contributed by atoms with E-state index in [9.17, 15) is 4.39 Å². The van der Waals surface area contributed by atoms with Crippen molar-refractivity contribution in [2.24, 2.45) is 5.73 Å². The topological polar surface area (TPSA) is 35.2 Å². The highest BCUT2D eigenvalue weighted by Gasteiger charge is 2.10. The summed E-state index contributed by atoms with van der Waals surface area (Å²) in [6.45, 7) is 2.00. The number of hydrogen-bond donors (Lipinski definition) is 1. The Bertz CT molecular complexity index is 572. The van der Waals surface area contributed by atoms with Crippen molar-refractivity contribution in [2.75, 3.05) is 0 Å². The molecule has 2 nitrogen and oxygen atoms in total. The van der Waals surface area contributed by atoms with Crippen LogP contribution in [-0.4, -0.2) is 0 Å². The van der Waals surface area contributed by atoms with Gasteiger partial charge in [-0.25, -0.2) is 4.39 Å². The van der Waals surface area contributed by atoms with Gasteiger partial charge < -0.3 is 10.5 Å². The Hall–Kier alpha value is -1.58. The summed E-state index contributed by atoms with van der Waals surface area (Å²) < 4.78 is 19.2. The summed E-state index contributed by atoms with van der Waals surface area (Å²) in [6.07, 6.45) is 0. The van der Waals surface area contributed by atoms with Gasteiger partial charge in [-0.05, 0) is 36.8 Å². The summed E-state index contributed by atoms with van der Waals surface area (Å²) in [7, 11) is 0. The SMILES string of the molecule is Cc1ccc(Cl)c(Oc2cccc(F)c2CN)c1. The van der Waals surface area contributed by atoms with Gasteiger partial charge in [0.1, 0.15) is 17.3 Å². The van der Waals surface area contributed by atoms with Gasteiger partial charge in [0.2, 0.25) is 0 Å². The van der Waals surface area contributed by atoms with E-state index in [1.807, 2.05) is 13.0 Å². The first-order valence-corrected chi connectivity index (χ1v) is 5.91. The second kappa shape index (κ2) is 5.38. The van der Waals surface area contributed by atoms with Crippen LogP contribution in [0.25, 0.3) is 0 Å². The number of ether oxygens (including phenoxy) is 1. The number of hydrogen-bond acceptors (Lipinski definition) is 2. The molecule has 2 aromatic carbocycles. The molecule has 0 aromatic heterocycles. The molecule has 0 radical (unpaired) electrons. The molecule has 0 aliphatic carbocycles. The van der Waals surface area contributed by atoms with E-state index in [0.717, 1.165) is 5.56 Å². The molecule has 0 aliphatic rings. The monoisotopic (exact) mass is 265 g/mol. The van der Waals surface area contributed by atoms with E-state index in [2.05, 4.69) is 0 Å². The summed E-state index contributed by atoms with van der Waals surface area (Å²) in [4.78, 5) is 0. The predicted octanol–water partition coefficient (Wildman–Crippen LogP) is 4.04. The maximum Gasteiger partial charge on any atom is 0.146 e. The zero-order chi connectivity index (χ0) is 13.1. The maximum absolute atomic E-state index is 13.5. The van der Waals surface area contributed by atoms with Crippen LogP contribution < -0.4 is 10.5 Å². The van der Waals surface area contributed by atoms with Crippen molar-refractivity contribution in [3.8, 4) is 11.5 Å². The van der Waals surface area contributed by atoms with Gasteiger partial charge in [-0.3, -0.25) is 0 Å². The molecule has 0 amide bonds. The zero-order valence-electron chi connectivity index (χ0n) is 9.91. The van der Waals surface area contributed by atoms with Crippen molar-refractivity contribution >= 4 is 11.6 Å². The third-order valence-electron chi connectivity index (χ3n) is 2.59. The summed E-state index contributed by atoms with van der Waals surface area (Å²) >= 11 is 6.03. The van der Waals surface area contributed by atoms with Gasteiger partial charge in [-0.1, -0.05) is 23.7 Å². The first kappa shape index (κ1) is 12.9. The summed E-state index contributed by atoms with van der Waals surface area (Å²) in [5, 5.41) is 0.479. The maximum atomic E-state index is 13.5. The molecule has 0 aliphatic heterocycles. The standard InChI is InChI=1S/C14H13ClFNO/c1-9-5-6-11(15)14(7-9)18-13-4-2-3-12(16)10(13)8-17/h2-7H,8,17H2,1H3. The average molecular weight is 266 g/mol. The number of halogens is 2. The Morgan fingerprint density at radius 3 is 2.72 bits per heavy atom. The van der Waals surface area contributed by atoms with Gasteiger partial charge in [0, 0.05) is 12.1 Å². The lowest BCUT2D eigenvalue weighted by atomic mass is 10.2. The average Bonchev–Trinajstić information content (AvgIpc) is 2.34. The number of aryl methyl sites for hydroxylation is 1. The third kappa shape index (κ3) is 2.63. The minimum atomic E-state index is -0.376. The van der Waals surface area contributed by atoms with Crippen LogP contribution in [0, 0.1) is 12.7 Å². The van der Waals surface area contributed by atoms with Crippen LogP contribution in [0.4, 0.5) is 4.39 Å². The van der Waals surface area contributed by atoms with Crippen LogP contribution in [-0.2, 0) is 6.54 Å². The molecule has 0 bridgehead atoms. The zero-order valence-corrected chi connectivity index (χ0v) is 10.7. The Kier molecular flexibility index (Phi) is 3.84. The lowest BCUT2D eigenvalue weighted by molar-refractivity contribution is 0.467. The molecule has 0 atom stereocenters. The highest BCUT2D eigenvalue weighted by Crippen LogP contribution is 2.32. The molecule has 0 fully saturated rings. The lowest BCUT2D eigenvalue weighted by Gasteiger charge is -2.12. The molecule has 0 spiro atoms. The van der Waals surface area contributed by atoms with Crippen molar-refractivity contribution in [1.29, 1.82) is 0 Å². The van der Waals surface area contributed by atoms with E-state index in [1.165, 1.54) is 6.07 Å². The lowest BCUT2D eigenvalue weighted by Crippen LogP contribution is -2.02. The first-order chi connectivity index (χ1) is 8.61. The molecular weight excluding hydrogens is 253 g/mol. The van der Waals surface area contributed by atoms with E-state index >= 15 is 0 Å². The first-order valence-electron chi connectivity index (χ1n) is 5.53. The fourth-order valence-electron chi connectivity index (χ4n) is 1.64. The van der Waals surface area contributed by atoms with Gasteiger partial charge in [0.15, 0.2) is 0 Å². The van der Waals surface area contributed by atoms with Crippen molar-refractivity contribution in [3.05, 3.63) is 58.4 Å². The van der Waals surface area contributed by atoms with Gasteiger partial charge in [0.25, 0.3) is 0 Å². The normalized spacial score (nSPS) is 10.4. The van der Waals surface area contributed by atoms with Gasteiger partial charge in [-0.2, -0.15) is 0 Å². The molecule has 0 saturated carbocycles. The predicted molar refractivity (Wildman–Crippen MR) is 70.6 cm³/mol. The Morgan fingerprint density at radius 1 is 1.22 bits per heavy atom. The highest BCUT2D eigenvalue weighted by molar-refractivity contribution is 6.32. The Balaban J connectivity index is 2.40. The number of nitrogens with two attached hydrogens (primary N) is 1. The Labute approximate surface area is 110 Å². The second-order valence-corrected chi connectivity index (χ2v) is 4.36. The molecule has 94 valence electrons. The van der Waals surface area contributed by atoms with E-state index in [0.29, 0.717) is 22.1 Å². The van der Waals surface area contributed by atoms with Gasteiger partial charge in [0.05, 0.1) is 5.02 Å². The molecule has 18 heavy (non-hydrogen) atoms. The quantitative estimate of drug-likeness (QED) is 0.909. The Morgan fingerprint density at radius 2 is 2.00 bits per heavy atom. The number of rotatable bonds is 3. The molecule has 4 heteroatoms. The molecule has 2 aromatic rings. The molecule has 0 saturated heterocycles. The summed E-state index contributed by atoms with van der Waals surface area (Å²) in [5.74, 6) is 0.515. The largest absolute Gasteiger partial charge is 0.455 e. The van der Waals surface area contributed by atoms with Crippen molar-refractivity contribution in [2.45, 2.75) is 13.5 Å². The van der Waals surface area contributed by atoms with Crippen molar-refractivity contribution in [3.63, 3.8) is 0 Å². The van der Waals surface area contributed by atoms with Crippen LogP contribution in [0.2, 0.25) is 5.02 Å². The fraction of sp³-hybridized carbons (Fsp3) is 0.143. The summed E-state index contributed by atoms with van der Waals surface area (Å²) in [5.41, 5.74) is 6.88. The van der Waals surface area contributed by atoms with E-state index in [4.69, 9.17) is 22.1 Å². The van der Waals surface area contributed by atoms with Gasteiger partial charge >= 0.3 is 0 Å². The smallest absolute Gasteiger partial charge is 0.146 e.